The second-order valence-corrected chi connectivity index (χ2v) is 3.72. The van der Waals surface area contributed by atoms with Gasteiger partial charge in [0, 0.05) is 20.3 Å². The molecule has 78 valence electrons. The third kappa shape index (κ3) is 3.63. The first-order valence-electron chi connectivity index (χ1n) is 5.10. The predicted octanol–water partition coefficient (Wildman–Crippen LogP) is 1.83. The van der Waals surface area contributed by atoms with Crippen molar-refractivity contribution in [3.8, 4) is 0 Å². The molecule has 0 heterocycles. The maximum atomic E-state index is 5.16. The molecule has 1 fully saturated rings. The summed E-state index contributed by atoms with van der Waals surface area (Å²) in [5.41, 5.74) is 0. The van der Waals surface area contributed by atoms with Crippen molar-refractivity contribution in [3.05, 3.63) is 0 Å². The van der Waals surface area contributed by atoms with Crippen molar-refractivity contribution in [2.24, 2.45) is 0 Å². The molecule has 0 atom stereocenters. The van der Waals surface area contributed by atoms with E-state index in [1.54, 1.807) is 14.2 Å². The van der Waals surface area contributed by atoms with Crippen LogP contribution in [0.4, 0.5) is 0 Å². The molecule has 0 unspecified atom stereocenters. The molecule has 0 spiro atoms. The van der Waals surface area contributed by atoms with Crippen LogP contribution in [0.3, 0.4) is 0 Å². The number of rotatable bonds is 5. The van der Waals surface area contributed by atoms with Gasteiger partial charge in [-0.2, -0.15) is 0 Å². The first-order chi connectivity index (χ1) is 6.38. The van der Waals surface area contributed by atoms with E-state index in [-0.39, 0.29) is 0 Å². The van der Waals surface area contributed by atoms with Gasteiger partial charge in [0.15, 0.2) is 0 Å². The summed E-state index contributed by atoms with van der Waals surface area (Å²) in [6, 6.07) is 0.675. The fourth-order valence-electron chi connectivity index (χ4n) is 2.03. The second kappa shape index (κ2) is 6.35. The number of ether oxygens (including phenoxy) is 2. The average molecular weight is 187 g/mol. The lowest BCUT2D eigenvalue weighted by atomic mass is 9.95. The van der Waals surface area contributed by atoms with Gasteiger partial charge in [0.1, 0.15) is 13.5 Å². The van der Waals surface area contributed by atoms with Crippen molar-refractivity contribution < 1.29 is 9.47 Å². The molecule has 0 aliphatic heterocycles. The summed E-state index contributed by atoms with van der Waals surface area (Å²) in [7, 11) is 3.48. The largest absolute Gasteiger partial charge is 0.369 e. The smallest absolute Gasteiger partial charge is 0.101 e. The van der Waals surface area contributed by atoms with Crippen LogP contribution in [0.1, 0.15) is 32.1 Å². The maximum Gasteiger partial charge on any atom is 0.101 e. The monoisotopic (exact) mass is 187 g/mol. The van der Waals surface area contributed by atoms with Crippen molar-refractivity contribution in [3.63, 3.8) is 0 Å². The van der Waals surface area contributed by atoms with Gasteiger partial charge in [0.25, 0.3) is 0 Å². The van der Waals surface area contributed by atoms with Gasteiger partial charge in [-0.1, -0.05) is 19.3 Å². The lowest BCUT2D eigenvalue weighted by molar-refractivity contribution is -0.0469. The minimum Gasteiger partial charge on any atom is -0.369 e. The van der Waals surface area contributed by atoms with E-state index in [9.17, 15) is 0 Å². The number of nitrogens with zero attached hydrogens (tertiary/aromatic N) is 1. The molecule has 0 radical (unpaired) electrons. The SMILES string of the molecule is COCN(COC)C1CCCCC1. The molecular weight excluding hydrogens is 166 g/mol. The Balaban J connectivity index is 2.32. The highest BCUT2D eigenvalue weighted by Gasteiger charge is 2.20. The van der Waals surface area contributed by atoms with Gasteiger partial charge in [0.2, 0.25) is 0 Å². The van der Waals surface area contributed by atoms with E-state index in [4.69, 9.17) is 9.47 Å². The predicted molar refractivity (Wildman–Crippen MR) is 52.5 cm³/mol. The van der Waals surface area contributed by atoms with Gasteiger partial charge in [-0.3, -0.25) is 4.90 Å². The lowest BCUT2D eigenvalue weighted by Gasteiger charge is -2.32. The first kappa shape index (κ1) is 11.0. The van der Waals surface area contributed by atoms with Crippen LogP contribution < -0.4 is 0 Å². The summed E-state index contributed by atoms with van der Waals surface area (Å²) in [6.45, 7) is 1.39. The van der Waals surface area contributed by atoms with Crippen molar-refractivity contribution in [2.45, 2.75) is 38.1 Å². The molecule has 0 aromatic rings. The van der Waals surface area contributed by atoms with Gasteiger partial charge in [-0.25, -0.2) is 0 Å². The fraction of sp³-hybridized carbons (Fsp3) is 1.00. The van der Waals surface area contributed by atoms with Crippen molar-refractivity contribution in [1.82, 2.24) is 4.90 Å². The molecule has 0 bridgehead atoms. The van der Waals surface area contributed by atoms with Gasteiger partial charge in [-0.05, 0) is 12.8 Å². The fourth-order valence-corrected chi connectivity index (χ4v) is 2.03. The molecule has 0 saturated heterocycles. The van der Waals surface area contributed by atoms with Crippen LogP contribution in [0.5, 0.6) is 0 Å². The van der Waals surface area contributed by atoms with Crippen LogP contribution >= 0.6 is 0 Å². The van der Waals surface area contributed by atoms with Gasteiger partial charge in [0.05, 0.1) is 0 Å². The summed E-state index contributed by atoms with van der Waals surface area (Å²) in [6.07, 6.45) is 6.70. The molecule has 0 N–H and O–H groups in total. The van der Waals surface area contributed by atoms with Crippen LogP contribution in [-0.2, 0) is 9.47 Å². The highest BCUT2D eigenvalue weighted by molar-refractivity contribution is 4.72. The Morgan fingerprint density at radius 2 is 1.54 bits per heavy atom. The summed E-state index contributed by atoms with van der Waals surface area (Å²) in [5, 5.41) is 0. The summed E-state index contributed by atoms with van der Waals surface area (Å²) in [4.78, 5) is 2.28. The van der Waals surface area contributed by atoms with Crippen LogP contribution in [0.25, 0.3) is 0 Å². The highest BCUT2D eigenvalue weighted by Crippen LogP contribution is 2.22. The molecule has 1 aliphatic rings. The van der Waals surface area contributed by atoms with Crippen molar-refractivity contribution in [2.75, 3.05) is 27.7 Å². The average Bonchev–Trinajstić information content (AvgIpc) is 2.19. The molecule has 13 heavy (non-hydrogen) atoms. The Kier molecular flexibility index (Phi) is 5.35. The maximum absolute atomic E-state index is 5.16. The topological polar surface area (TPSA) is 21.7 Å². The second-order valence-electron chi connectivity index (χ2n) is 3.72. The van der Waals surface area contributed by atoms with Crippen LogP contribution in [-0.4, -0.2) is 38.6 Å². The molecule has 0 aromatic carbocycles. The molecule has 3 nitrogen and oxygen atoms in total. The Labute approximate surface area is 81.0 Å². The number of hydrogen-bond donors (Lipinski definition) is 0. The Hall–Kier alpha value is -0.120. The zero-order chi connectivity index (χ0) is 9.52. The van der Waals surface area contributed by atoms with Crippen molar-refractivity contribution >= 4 is 0 Å². The van der Waals surface area contributed by atoms with Crippen LogP contribution in [0.2, 0.25) is 0 Å². The van der Waals surface area contributed by atoms with Crippen LogP contribution in [0.15, 0.2) is 0 Å². The number of hydrogen-bond acceptors (Lipinski definition) is 3. The van der Waals surface area contributed by atoms with Gasteiger partial charge < -0.3 is 9.47 Å². The first-order valence-corrected chi connectivity index (χ1v) is 5.10. The van der Waals surface area contributed by atoms with E-state index in [0.717, 1.165) is 0 Å². The minimum atomic E-state index is 0.675. The van der Waals surface area contributed by atoms with Gasteiger partial charge in [-0.15, -0.1) is 0 Å². The molecule has 3 heteroatoms. The third-order valence-electron chi connectivity index (χ3n) is 2.68. The highest BCUT2D eigenvalue weighted by atomic mass is 16.5. The van der Waals surface area contributed by atoms with E-state index in [0.29, 0.717) is 19.5 Å². The van der Waals surface area contributed by atoms with Crippen LogP contribution in [0, 0.1) is 0 Å². The molecule has 0 aromatic heterocycles. The summed E-state index contributed by atoms with van der Waals surface area (Å²) in [5.74, 6) is 0. The van der Waals surface area contributed by atoms with Gasteiger partial charge >= 0.3 is 0 Å². The summed E-state index contributed by atoms with van der Waals surface area (Å²) >= 11 is 0. The Morgan fingerprint density at radius 1 is 1.00 bits per heavy atom. The van der Waals surface area contributed by atoms with E-state index in [1.165, 1.54) is 32.1 Å². The van der Waals surface area contributed by atoms with E-state index < -0.39 is 0 Å². The zero-order valence-electron chi connectivity index (χ0n) is 8.79. The third-order valence-corrected chi connectivity index (χ3v) is 2.68. The van der Waals surface area contributed by atoms with Crippen molar-refractivity contribution in [1.29, 1.82) is 0 Å². The lowest BCUT2D eigenvalue weighted by Crippen LogP contribution is -2.39. The minimum absolute atomic E-state index is 0.675. The van der Waals surface area contributed by atoms with E-state index in [1.807, 2.05) is 0 Å². The van der Waals surface area contributed by atoms with E-state index >= 15 is 0 Å². The molecular formula is C10H21NO2. The number of methoxy groups -OCH3 is 2. The molecule has 1 rings (SSSR count). The quantitative estimate of drug-likeness (QED) is 0.613. The Morgan fingerprint density at radius 3 is 2.00 bits per heavy atom. The molecule has 1 saturated carbocycles. The zero-order valence-corrected chi connectivity index (χ0v) is 8.79. The summed E-state index contributed by atoms with van der Waals surface area (Å²) < 4.78 is 10.3. The normalized spacial score (nSPS) is 19.6. The molecule has 1 aliphatic carbocycles. The molecule has 0 amide bonds. The van der Waals surface area contributed by atoms with E-state index in [2.05, 4.69) is 4.90 Å². The Bertz CT molecular complexity index is 118. The standard InChI is InChI=1S/C10H21NO2/c1-12-8-11(9-13-2)10-6-4-3-5-7-10/h10H,3-9H2,1-2H3.